The molecular formula is C18H27BO6. The maximum Gasteiger partial charge on any atom is 0.494 e. The Bertz CT molecular complexity index is 553. The normalized spacial score (nSPS) is 18.2. The van der Waals surface area contributed by atoms with Gasteiger partial charge in [0, 0.05) is 0 Å². The zero-order chi connectivity index (χ0) is 18.5. The van der Waals surface area contributed by atoms with E-state index < -0.39 is 0 Å². The fourth-order valence-electron chi connectivity index (χ4n) is 2.28. The van der Waals surface area contributed by atoms with Gasteiger partial charge in [0.2, 0.25) is 0 Å². The van der Waals surface area contributed by atoms with Gasteiger partial charge in [0.05, 0.1) is 37.9 Å². The highest BCUT2D eigenvalue weighted by molar-refractivity contribution is 6.62. The van der Waals surface area contributed by atoms with Crippen LogP contribution in [0.15, 0.2) is 24.3 Å². The van der Waals surface area contributed by atoms with Crippen molar-refractivity contribution in [3.8, 4) is 5.75 Å². The van der Waals surface area contributed by atoms with Crippen LogP contribution >= 0.6 is 0 Å². The van der Waals surface area contributed by atoms with Crippen LogP contribution in [0.5, 0.6) is 5.75 Å². The molecular weight excluding hydrogens is 323 g/mol. The highest BCUT2D eigenvalue weighted by Gasteiger charge is 2.51. The fourth-order valence-corrected chi connectivity index (χ4v) is 2.28. The van der Waals surface area contributed by atoms with Crippen LogP contribution < -0.4 is 10.2 Å². The second-order valence-corrected chi connectivity index (χ2v) is 6.94. The Labute approximate surface area is 149 Å². The van der Waals surface area contributed by atoms with Crippen LogP contribution in [-0.2, 0) is 23.6 Å². The van der Waals surface area contributed by atoms with Crippen LogP contribution in [0.2, 0.25) is 0 Å². The Balaban J connectivity index is 1.75. The molecule has 0 amide bonds. The maximum atomic E-state index is 10.9. The van der Waals surface area contributed by atoms with E-state index in [4.69, 9.17) is 18.8 Å². The molecule has 0 aromatic heterocycles. The third-order valence-corrected chi connectivity index (χ3v) is 4.58. The predicted molar refractivity (Wildman–Crippen MR) is 95.1 cm³/mol. The summed E-state index contributed by atoms with van der Waals surface area (Å²) in [4.78, 5) is 10.9. The van der Waals surface area contributed by atoms with Gasteiger partial charge in [-0.25, -0.2) is 0 Å². The average molecular weight is 350 g/mol. The number of hydrogen-bond donors (Lipinski definition) is 0. The Morgan fingerprint density at radius 1 is 1.00 bits per heavy atom. The molecule has 0 aliphatic carbocycles. The van der Waals surface area contributed by atoms with Crippen molar-refractivity contribution in [2.75, 3.05) is 26.9 Å². The van der Waals surface area contributed by atoms with Gasteiger partial charge in [-0.05, 0) is 45.3 Å². The second-order valence-electron chi connectivity index (χ2n) is 6.94. The quantitative estimate of drug-likeness (QED) is 0.406. The molecule has 1 saturated heterocycles. The van der Waals surface area contributed by atoms with Crippen molar-refractivity contribution in [2.24, 2.45) is 0 Å². The summed E-state index contributed by atoms with van der Waals surface area (Å²) in [6.07, 6.45) is 0.249. The van der Waals surface area contributed by atoms with Crippen molar-refractivity contribution < 1.29 is 28.3 Å². The van der Waals surface area contributed by atoms with Crippen molar-refractivity contribution >= 4 is 18.6 Å². The zero-order valence-corrected chi connectivity index (χ0v) is 15.7. The van der Waals surface area contributed by atoms with E-state index in [0.29, 0.717) is 19.8 Å². The third kappa shape index (κ3) is 5.20. The van der Waals surface area contributed by atoms with Gasteiger partial charge in [-0.2, -0.15) is 0 Å². The topological polar surface area (TPSA) is 63.2 Å². The number of esters is 1. The lowest BCUT2D eigenvalue weighted by Gasteiger charge is -2.32. The number of rotatable bonds is 8. The summed E-state index contributed by atoms with van der Waals surface area (Å²) in [6, 6.07) is 7.65. The van der Waals surface area contributed by atoms with Gasteiger partial charge in [-0.1, -0.05) is 12.1 Å². The van der Waals surface area contributed by atoms with Crippen LogP contribution in [-0.4, -0.2) is 51.2 Å². The Kier molecular flexibility index (Phi) is 6.49. The summed E-state index contributed by atoms with van der Waals surface area (Å²) in [5.74, 6) is 0.469. The first-order chi connectivity index (χ1) is 11.7. The summed E-state index contributed by atoms with van der Waals surface area (Å²) < 4.78 is 27.5. The molecule has 6 nitrogen and oxygen atoms in total. The molecule has 1 fully saturated rings. The molecule has 25 heavy (non-hydrogen) atoms. The molecule has 0 spiro atoms. The molecule has 0 bridgehead atoms. The monoisotopic (exact) mass is 350 g/mol. The highest BCUT2D eigenvalue weighted by Crippen LogP contribution is 2.36. The van der Waals surface area contributed by atoms with E-state index in [1.807, 2.05) is 52.0 Å². The first-order valence-electron chi connectivity index (χ1n) is 8.48. The van der Waals surface area contributed by atoms with Gasteiger partial charge in [-0.3, -0.25) is 4.79 Å². The van der Waals surface area contributed by atoms with Crippen molar-refractivity contribution in [3.05, 3.63) is 24.3 Å². The standard InChI is InChI=1S/C18H27BO6/c1-17(2)18(3,4)25-19(24-17)14-6-8-15(9-7-14)23-13-12-22-11-10-16(20)21-5/h6-9H,10-13H2,1-5H3. The van der Waals surface area contributed by atoms with E-state index in [2.05, 4.69) is 4.74 Å². The molecule has 0 radical (unpaired) electrons. The van der Waals surface area contributed by atoms with Crippen LogP contribution in [0.3, 0.4) is 0 Å². The number of carbonyl (C=O) groups excluding carboxylic acids is 1. The molecule has 0 N–H and O–H groups in total. The Morgan fingerprint density at radius 3 is 2.16 bits per heavy atom. The zero-order valence-electron chi connectivity index (χ0n) is 15.7. The maximum absolute atomic E-state index is 10.9. The van der Waals surface area contributed by atoms with Gasteiger partial charge in [0.25, 0.3) is 0 Å². The molecule has 1 aromatic rings. The van der Waals surface area contributed by atoms with E-state index in [0.717, 1.165) is 11.2 Å². The molecule has 1 aliphatic heterocycles. The van der Waals surface area contributed by atoms with E-state index >= 15 is 0 Å². The first kappa shape index (κ1) is 19.8. The SMILES string of the molecule is COC(=O)CCOCCOc1ccc(B2OC(C)(C)C(C)(C)O2)cc1. The Hall–Kier alpha value is -1.57. The summed E-state index contributed by atoms with van der Waals surface area (Å²) in [7, 11) is 0.986. The lowest BCUT2D eigenvalue weighted by Crippen LogP contribution is -2.41. The molecule has 138 valence electrons. The van der Waals surface area contributed by atoms with Crippen LogP contribution in [0.25, 0.3) is 0 Å². The number of methoxy groups -OCH3 is 1. The number of benzene rings is 1. The highest BCUT2D eigenvalue weighted by atomic mass is 16.7. The van der Waals surface area contributed by atoms with Crippen LogP contribution in [0.4, 0.5) is 0 Å². The summed E-state index contributed by atoms with van der Waals surface area (Å²) in [5, 5.41) is 0. The van der Waals surface area contributed by atoms with Gasteiger partial charge in [0.1, 0.15) is 12.4 Å². The second kappa shape index (κ2) is 8.21. The molecule has 1 aromatic carbocycles. The van der Waals surface area contributed by atoms with Gasteiger partial charge < -0.3 is 23.5 Å². The van der Waals surface area contributed by atoms with Gasteiger partial charge in [0.15, 0.2) is 0 Å². The minimum Gasteiger partial charge on any atom is -0.491 e. The molecule has 1 aliphatic rings. The molecule has 0 atom stereocenters. The average Bonchev–Trinajstić information content (AvgIpc) is 2.79. The summed E-state index contributed by atoms with van der Waals surface area (Å²) >= 11 is 0. The summed E-state index contributed by atoms with van der Waals surface area (Å²) in [6.45, 7) is 9.29. The van der Waals surface area contributed by atoms with Gasteiger partial charge in [-0.15, -0.1) is 0 Å². The number of ether oxygens (including phenoxy) is 3. The molecule has 2 rings (SSSR count). The Morgan fingerprint density at radius 2 is 1.60 bits per heavy atom. The van der Waals surface area contributed by atoms with Crippen molar-refractivity contribution in [1.82, 2.24) is 0 Å². The fraction of sp³-hybridized carbons (Fsp3) is 0.611. The van der Waals surface area contributed by atoms with E-state index in [9.17, 15) is 4.79 Å². The molecule has 0 unspecified atom stereocenters. The largest absolute Gasteiger partial charge is 0.494 e. The van der Waals surface area contributed by atoms with Crippen LogP contribution in [0.1, 0.15) is 34.1 Å². The minimum atomic E-state index is -0.374. The molecule has 1 heterocycles. The van der Waals surface area contributed by atoms with E-state index in [1.165, 1.54) is 7.11 Å². The smallest absolute Gasteiger partial charge is 0.491 e. The minimum absolute atomic E-state index is 0.249. The van der Waals surface area contributed by atoms with E-state index in [1.54, 1.807) is 0 Å². The van der Waals surface area contributed by atoms with Crippen molar-refractivity contribution in [3.63, 3.8) is 0 Å². The first-order valence-corrected chi connectivity index (χ1v) is 8.48. The lowest BCUT2D eigenvalue weighted by atomic mass is 9.79. The van der Waals surface area contributed by atoms with Gasteiger partial charge >= 0.3 is 13.1 Å². The lowest BCUT2D eigenvalue weighted by molar-refractivity contribution is -0.141. The van der Waals surface area contributed by atoms with E-state index in [-0.39, 0.29) is 30.7 Å². The molecule has 0 saturated carbocycles. The van der Waals surface area contributed by atoms with Crippen LogP contribution in [0, 0.1) is 0 Å². The number of hydrogen-bond acceptors (Lipinski definition) is 6. The van der Waals surface area contributed by atoms with Crippen molar-refractivity contribution in [1.29, 1.82) is 0 Å². The summed E-state index contributed by atoms with van der Waals surface area (Å²) in [5.41, 5.74) is 0.253. The number of carbonyl (C=O) groups is 1. The predicted octanol–water partition coefficient (Wildman–Crippen LogP) is 1.94. The van der Waals surface area contributed by atoms with Crippen molar-refractivity contribution in [2.45, 2.75) is 45.3 Å². The molecule has 7 heteroatoms. The third-order valence-electron chi connectivity index (χ3n) is 4.58.